The first-order valence-electron chi connectivity index (χ1n) is 8.37. The van der Waals surface area contributed by atoms with Crippen LogP contribution in [0.4, 0.5) is 0 Å². The molecule has 0 saturated carbocycles. The van der Waals surface area contributed by atoms with Gasteiger partial charge in [0.25, 0.3) is 0 Å². The third-order valence-electron chi connectivity index (χ3n) is 4.39. The molecule has 0 fully saturated rings. The van der Waals surface area contributed by atoms with Crippen LogP contribution in [0.25, 0.3) is 17.0 Å². The van der Waals surface area contributed by atoms with E-state index in [1.165, 1.54) is 0 Å². The zero-order valence-electron chi connectivity index (χ0n) is 14.2. The lowest BCUT2D eigenvalue weighted by atomic mass is 10.1. The maximum Gasteiger partial charge on any atom is 0.231 e. The van der Waals surface area contributed by atoms with Gasteiger partial charge in [-0.15, -0.1) is 0 Å². The van der Waals surface area contributed by atoms with Crippen molar-refractivity contribution >= 4 is 22.8 Å². The minimum atomic E-state index is -0.153. The van der Waals surface area contributed by atoms with Gasteiger partial charge in [0.05, 0.1) is 5.56 Å². The molecular weight excluding hydrogens is 328 g/mol. The van der Waals surface area contributed by atoms with Crippen LogP contribution in [0.3, 0.4) is 0 Å². The fourth-order valence-electron chi connectivity index (χ4n) is 3.17. The number of hydrogen-bond donors (Lipinski definition) is 0. The fourth-order valence-corrected chi connectivity index (χ4v) is 3.17. The van der Waals surface area contributed by atoms with Gasteiger partial charge in [-0.1, -0.05) is 18.2 Å². The van der Waals surface area contributed by atoms with Gasteiger partial charge in [-0.3, -0.25) is 4.79 Å². The van der Waals surface area contributed by atoms with Crippen molar-refractivity contribution in [2.45, 2.75) is 13.5 Å². The average molecular weight is 344 g/mol. The van der Waals surface area contributed by atoms with Gasteiger partial charge in [0, 0.05) is 35.3 Å². The standard InChI is InChI=1S/C21H16N2O3/c1-2-23-13-14(16-5-3-4-6-18(16)23)11-20-21(24)17-8-7-15(25-10-9-22)12-19(17)26-20/h3-8,11-13H,2,10H2,1H3/b20-11+. The van der Waals surface area contributed by atoms with Crippen molar-refractivity contribution in [3.05, 3.63) is 65.5 Å². The smallest absolute Gasteiger partial charge is 0.231 e. The molecule has 0 N–H and O–H groups in total. The highest BCUT2D eigenvalue weighted by atomic mass is 16.5. The van der Waals surface area contributed by atoms with E-state index in [1.54, 1.807) is 24.3 Å². The number of benzene rings is 2. The number of rotatable bonds is 4. The van der Waals surface area contributed by atoms with E-state index in [2.05, 4.69) is 17.6 Å². The van der Waals surface area contributed by atoms with Gasteiger partial charge in [-0.05, 0) is 31.2 Å². The van der Waals surface area contributed by atoms with E-state index >= 15 is 0 Å². The third-order valence-corrected chi connectivity index (χ3v) is 4.39. The predicted molar refractivity (Wildman–Crippen MR) is 98.1 cm³/mol. The normalized spacial score (nSPS) is 14.3. The Bertz CT molecular complexity index is 1090. The molecule has 0 radical (unpaired) electrons. The molecule has 0 amide bonds. The van der Waals surface area contributed by atoms with Crippen LogP contribution in [-0.2, 0) is 6.54 Å². The van der Waals surface area contributed by atoms with Crippen LogP contribution in [0.5, 0.6) is 11.5 Å². The van der Waals surface area contributed by atoms with Gasteiger partial charge in [0.1, 0.15) is 17.6 Å². The van der Waals surface area contributed by atoms with Gasteiger partial charge in [-0.2, -0.15) is 5.26 Å². The quantitative estimate of drug-likeness (QED) is 0.666. The molecule has 26 heavy (non-hydrogen) atoms. The summed E-state index contributed by atoms with van der Waals surface area (Å²) >= 11 is 0. The molecule has 3 aromatic rings. The summed E-state index contributed by atoms with van der Waals surface area (Å²) in [6.07, 6.45) is 3.81. The van der Waals surface area contributed by atoms with Gasteiger partial charge in [0.2, 0.25) is 5.78 Å². The summed E-state index contributed by atoms with van der Waals surface area (Å²) < 4.78 is 13.2. The van der Waals surface area contributed by atoms with E-state index in [1.807, 2.05) is 30.5 Å². The number of nitriles is 1. The summed E-state index contributed by atoms with van der Waals surface area (Å²) in [4.78, 5) is 12.6. The second-order valence-electron chi connectivity index (χ2n) is 5.93. The minimum absolute atomic E-state index is 0.0497. The molecule has 0 spiro atoms. The Balaban J connectivity index is 1.71. The molecule has 0 bridgehead atoms. The molecular formula is C21H16N2O3. The first kappa shape index (κ1) is 16.0. The van der Waals surface area contributed by atoms with Crippen molar-refractivity contribution in [3.8, 4) is 17.6 Å². The number of para-hydroxylation sites is 1. The van der Waals surface area contributed by atoms with E-state index in [4.69, 9.17) is 14.7 Å². The zero-order chi connectivity index (χ0) is 18.1. The van der Waals surface area contributed by atoms with Crippen LogP contribution >= 0.6 is 0 Å². The highest BCUT2D eigenvalue weighted by Gasteiger charge is 2.28. The molecule has 5 heteroatoms. The molecule has 4 rings (SSSR count). The average Bonchev–Trinajstić information content (AvgIpc) is 3.18. The lowest BCUT2D eigenvalue weighted by molar-refractivity contribution is 0.101. The third kappa shape index (κ3) is 2.62. The number of fused-ring (bicyclic) bond motifs is 2. The van der Waals surface area contributed by atoms with Gasteiger partial charge >= 0.3 is 0 Å². The summed E-state index contributed by atoms with van der Waals surface area (Å²) in [5.74, 6) is 1.09. The Morgan fingerprint density at radius 2 is 2.12 bits per heavy atom. The highest BCUT2D eigenvalue weighted by Crippen LogP contribution is 2.35. The Kier molecular flexibility index (Phi) is 3.94. The maximum atomic E-state index is 12.6. The summed E-state index contributed by atoms with van der Waals surface area (Å²) in [5.41, 5.74) is 2.57. The number of aryl methyl sites for hydroxylation is 1. The summed E-state index contributed by atoms with van der Waals surface area (Å²) in [7, 11) is 0. The van der Waals surface area contributed by atoms with Crippen LogP contribution in [0.2, 0.25) is 0 Å². The molecule has 0 atom stereocenters. The van der Waals surface area contributed by atoms with E-state index in [9.17, 15) is 4.79 Å². The van der Waals surface area contributed by atoms with Crippen molar-refractivity contribution in [3.63, 3.8) is 0 Å². The van der Waals surface area contributed by atoms with Gasteiger partial charge in [0.15, 0.2) is 12.4 Å². The molecule has 0 aliphatic carbocycles. The van der Waals surface area contributed by atoms with Crippen LogP contribution < -0.4 is 9.47 Å². The largest absolute Gasteiger partial charge is 0.479 e. The molecule has 0 unspecified atom stereocenters. The predicted octanol–water partition coefficient (Wildman–Crippen LogP) is 4.18. The van der Waals surface area contributed by atoms with E-state index < -0.39 is 0 Å². The first-order chi connectivity index (χ1) is 12.7. The number of Topliss-reactive ketones (excluding diaryl/α,β-unsaturated/α-hetero) is 1. The van der Waals surface area contributed by atoms with Crippen LogP contribution in [-0.4, -0.2) is 17.0 Å². The molecule has 1 aliphatic heterocycles. The van der Waals surface area contributed by atoms with Crippen LogP contribution in [0, 0.1) is 11.3 Å². The second kappa shape index (κ2) is 6.41. The van der Waals surface area contributed by atoms with Gasteiger partial charge < -0.3 is 14.0 Å². The van der Waals surface area contributed by atoms with Crippen LogP contribution in [0.1, 0.15) is 22.8 Å². The Hall–Kier alpha value is -3.52. The zero-order valence-corrected chi connectivity index (χ0v) is 14.2. The van der Waals surface area contributed by atoms with E-state index in [0.717, 1.165) is 23.0 Å². The number of nitrogens with zero attached hydrogens (tertiary/aromatic N) is 2. The highest BCUT2D eigenvalue weighted by molar-refractivity contribution is 6.15. The van der Waals surface area contributed by atoms with Gasteiger partial charge in [-0.25, -0.2) is 0 Å². The molecule has 5 nitrogen and oxygen atoms in total. The Labute approximate surface area is 150 Å². The van der Waals surface area contributed by atoms with E-state index in [0.29, 0.717) is 17.1 Å². The van der Waals surface area contributed by atoms with Crippen molar-refractivity contribution in [2.75, 3.05) is 6.61 Å². The van der Waals surface area contributed by atoms with Crippen molar-refractivity contribution in [2.24, 2.45) is 0 Å². The number of carbonyl (C=O) groups is 1. The number of allylic oxidation sites excluding steroid dienone is 1. The first-order valence-corrected chi connectivity index (χ1v) is 8.37. The SMILES string of the molecule is CCn1cc(/C=C2/Oc3cc(OCC#N)ccc3C2=O)c2ccccc21. The number of aromatic nitrogens is 1. The molecule has 0 saturated heterocycles. The summed E-state index contributed by atoms with van der Waals surface area (Å²) in [6, 6.07) is 15.0. The van der Waals surface area contributed by atoms with E-state index in [-0.39, 0.29) is 18.1 Å². The summed E-state index contributed by atoms with van der Waals surface area (Å²) in [6.45, 7) is 2.88. The van der Waals surface area contributed by atoms with Crippen molar-refractivity contribution < 1.29 is 14.3 Å². The minimum Gasteiger partial charge on any atom is -0.479 e. The molecule has 1 aromatic heterocycles. The fraction of sp³-hybridized carbons (Fsp3) is 0.143. The Morgan fingerprint density at radius 1 is 1.27 bits per heavy atom. The van der Waals surface area contributed by atoms with Crippen LogP contribution in [0.15, 0.2) is 54.4 Å². The van der Waals surface area contributed by atoms with Crippen molar-refractivity contribution in [1.29, 1.82) is 5.26 Å². The lowest BCUT2D eigenvalue weighted by Gasteiger charge is -2.02. The second-order valence-corrected chi connectivity index (χ2v) is 5.93. The van der Waals surface area contributed by atoms with Crippen molar-refractivity contribution in [1.82, 2.24) is 4.57 Å². The number of hydrogen-bond acceptors (Lipinski definition) is 4. The molecule has 2 aromatic carbocycles. The summed E-state index contributed by atoms with van der Waals surface area (Å²) in [5, 5.41) is 9.68. The molecule has 128 valence electrons. The molecule has 1 aliphatic rings. The maximum absolute atomic E-state index is 12.6. The topological polar surface area (TPSA) is 64.2 Å². The Morgan fingerprint density at radius 3 is 2.92 bits per heavy atom. The lowest BCUT2D eigenvalue weighted by Crippen LogP contribution is -1.98. The number of ketones is 1. The monoisotopic (exact) mass is 344 g/mol. The number of carbonyl (C=O) groups excluding carboxylic acids is 1. The molecule has 2 heterocycles. The number of ether oxygens (including phenoxy) is 2.